The van der Waals surface area contributed by atoms with Crippen molar-refractivity contribution < 1.29 is 9.47 Å². The van der Waals surface area contributed by atoms with Crippen LogP contribution in [0, 0.1) is 11.8 Å². The molecule has 2 aliphatic heterocycles. The molecule has 218 valence electrons. The molecule has 0 aromatic heterocycles. The highest BCUT2D eigenvalue weighted by Gasteiger charge is 2.46. The first-order valence-corrected chi connectivity index (χ1v) is 15.1. The molecule has 0 aliphatic carbocycles. The van der Waals surface area contributed by atoms with Crippen LogP contribution in [0.25, 0.3) is 0 Å². The lowest BCUT2D eigenvalue weighted by molar-refractivity contribution is -0.104. The van der Waals surface area contributed by atoms with Crippen molar-refractivity contribution >= 4 is 0 Å². The minimum atomic E-state index is 0.0186. The van der Waals surface area contributed by atoms with Gasteiger partial charge in [-0.2, -0.15) is 0 Å². The first kappa shape index (κ1) is 30.8. The summed E-state index contributed by atoms with van der Waals surface area (Å²) in [7, 11) is 0. The number of likely N-dealkylation sites (tertiary alicyclic amines) is 2. The van der Waals surface area contributed by atoms with Crippen molar-refractivity contribution in [1.29, 1.82) is 0 Å². The summed E-state index contributed by atoms with van der Waals surface area (Å²) in [5.74, 6) is 7.16. The van der Waals surface area contributed by atoms with Crippen molar-refractivity contribution in [2.75, 3.05) is 13.1 Å². The number of rotatable bonds is 8. The van der Waals surface area contributed by atoms with E-state index in [4.69, 9.17) is 9.47 Å². The van der Waals surface area contributed by atoms with Gasteiger partial charge in [-0.3, -0.25) is 9.80 Å². The number of ether oxygens (including phenoxy) is 2. The van der Waals surface area contributed by atoms with E-state index >= 15 is 0 Å². The Bertz CT molecular complexity index is 1020. The lowest BCUT2D eigenvalue weighted by atomic mass is 9.78. The molecule has 2 fully saturated rings. The summed E-state index contributed by atoms with van der Waals surface area (Å²) < 4.78 is 12.8. The van der Waals surface area contributed by atoms with Crippen LogP contribution in [-0.2, 0) is 22.7 Å². The number of hydrogen-bond donors (Lipinski definition) is 0. The summed E-state index contributed by atoms with van der Waals surface area (Å²) in [6.45, 7) is 21.7. The molecule has 0 atom stereocenters. The Balaban J connectivity index is 1.33. The van der Waals surface area contributed by atoms with Gasteiger partial charge in [-0.15, -0.1) is 0 Å². The second kappa shape index (κ2) is 12.4. The average Bonchev–Trinajstić information content (AvgIpc) is 2.86. The van der Waals surface area contributed by atoms with E-state index in [9.17, 15) is 0 Å². The highest BCUT2D eigenvalue weighted by atomic mass is 16.5. The maximum absolute atomic E-state index is 6.41. The van der Waals surface area contributed by atoms with Crippen LogP contribution in [0.1, 0.15) is 92.2 Å². The van der Waals surface area contributed by atoms with Crippen LogP contribution in [0.5, 0.6) is 0 Å². The fourth-order valence-corrected chi connectivity index (χ4v) is 7.39. The van der Waals surface area contributed by atoms with Gasteiger partial charge >= 0.3 is 0 Å². The number of nitrogens with zero attached hydrogens (tertiary/aromatic N) is 2. The van der Waals surface area contributed by atoms with Gasteiger partial charge in [0.1, 0.15) is 0 Å². The van der Waals surface area contributed by atoms with Gasteiger partial charge in [0.15, 0.2) is 0 Å². The molecule has 2 aromatic rings. The smallest absolute Gasteiger partial charge is 0.0720 e. The van der Waals surface area contributed by atoms with Crippen LogP contribution >= 0.6 is 0 Å². The molecule has 0 saturated carbocycles. The number of piperidine rings is 2. The predicted molar refractivity (Wildman–Crippen MR) is 166 cm³/mol. The Kier molecular flexibility index (Phi) is 9.53. The molecule has 0 spiro atoms. The predicted octanol–water partition coefficient (Wildman–Crippen LogP) is 7.47. The second-order valence-electron chi connectivity index (χ2n) is 14.4. The van der Waals surface area contributed by atoms with Gasteiger partial charge in [0.05, 0.1) is 38.5 Å². The Labute approximate surface area is 244 Å². The lowest BCUT2D eigenvalue weighted by Gasteiger charge is -2.55. The molecule has 0 bridgehead atoms. The zero-order chi connectivity index (χ0) is 29.0. The Morgan fingerprint density at radius 1 is 0.550 bits per heavy atom. The third-order valence-electron chi connectivity index (χ3n) is 9.09. The molecule has 4 nitrogen and oxygen atoms in total. The van der Waals surface area contributed by atoms with E-state index in [0.717, 1.165) is 38.8 Å². The second-order valence-corrected chi connectivity index (χ2v) is 14.4. The molecule has 2 aliphatic rings. The normalized spacial score (nSPS) is 22.9. The van der Waals surface area contributed by atoms with Gasteiger partial charge in [-0.05, 0) is 92.2 Å². The van der Waals surface area contributed by atoms with E-state index in [1.807, 2.05) is 0 Å². The molecule has 2 heterocycles. The third kappa shape index (κ3) is 7.77. The fourth-order valence-electron chi connectivity index (χ4n) is 7.39. The van der Waals surface area contributed by atoms with Crippen LogP contribution < -0.4 is 0 Å². The molecule has 0 N–H and O–H groups in total. The molecular weight excluding hydrogens is 492 g/mol. The first-order chi connectivity index (χ1) is 18.8. The van der Waals surface area contributed by atoms with Gasteiger partial charge in [0, 0.05) is 22.2 Å². The van der Waals surface area contributed by atoms with Gasteiger partial charge in [-0.1, -0.05) is 72.5 Å². The summed E-state index contributed by atoms with van der Waals surface area (Å²) in [6.07, 6.45) is 4.56. The molecule has 4 rings (SSSR count). The monoisotopic (exact) mass is 544 g/mol. The summed E-state index contributed by atoms with van der Waals surface area (Å²) >= 11 is 0. The maximum atomic E-state index is 6.41. The van der Waals surface area contributed by atoms with Crippen LogP contribution in [-0.4, -0.2) is 57.3 Å². The van der Waals surface area contributed by atoms with E-state index in [2.05, 4.69) is 138 Å². The molecule has 2 saturated heterocycles. The number of hydrogen-bond acceptors (Lipinski definition) is 4. The average molecular weight is 545 g/mol. The van der Waals surface area contributed by atoms with Crippen LogP contribution in [0.3, 0.4) is 0 Å². The lowest BCUT2D eigenvalue weighted by Crippen LogP contribution is -2.62. The Morgan fingerprint density at radius 2 is 0.850 bits per heavy atom. The van der Waals surface area contributed by atoms with Crippen molar-refractivity contribution in [1.82, 2.24) is 9.80 Å². The van der Waals surface area contributed by atoms with Crippen molar-refractivity contribution in [3.8, 4) is 11.8 Å². The van der Waals surface area contributed by atoms with E-state index in [-0.39, 0.29) is 34.4 Å². The van der Waals surface area contributed by atoms with Crippen molar-refractivity contribution in [3.05, 3.63) is 71.8 Å². The molecule has 4 heteroatoms. The summed E-state index contributed by atoms with van der Waals surface area (Å²) in [5, 5.41) is 0. The minimum absolute atomic E-state index is 0.0186. The largest absolute Gasteiger partial charge is 0.373 e. The van der Waals surface area contributed by atoms with E-state index in [1.165, 1.54) is 11.1 Å². The molecule has 40 heavy (non-hydrogen) atoms. The van der Waals surface area contributed by atoms with Gasteiger partial charge < -0.3 is 9.47 Å². The first-order valence-electron chi connectivity index (χ1n) is 15.1. The van der Waals surface area contributed by atoms with E-state index < -0.39 is 0 Å². The van der Waals surface area contributed by atoms with Gasteiger partial charge in [0.25, 0.3) is 0 Å². The summed E-state index contributed by atoms with van der Waals surface area (Å²) in [5.41, 5.74) is 2.55. The molecule has 2 aromatic carbocycles. The highest BCUT2D eigenvalue weighted by molar-refractivity contribution is 5.16. The van der Waals surface area contributed by atoms with Crippen LogP contribution in [0.15, 0.2) is 60.7 Å². The van der Waals surface area contributed by atoms with Gasteiger partial charge in [0.2, 0.25) is 0 Å². The van der Waals surface area contributed by atoms with E-state index in [1.54, 1.807) is 0 Å². The SMILES string of the molecule is CC1(C)CC(OCc2ccccc2)CC(C)(C)N1CC#CCN1C(C)(C)CC(OCc2ccccc2)CC1(C)C. The van der Waals surface area contributed by atoms with Crippen molar-refractivity contribution in [2.24, 2.45) is 0 Å². The summed E-state index contributed by atoms with van der Waals surface area (Å²) in [6, 6.07) is 21.0. The fraction of sp³-hybridized carbons (Fsp3) is 0.611. The highest BCUT2D eigenvalue weighted by Crippen LogP contribution is 2.41. The third-order valence-corrected chi connectivity index (χ3v) is 9.09. The van der Waals surface area contributed by atoms with Crippen molar-refractivity contribution in [2.45, 2.75) is 129 Å². The minimum Gasteiger partial charge on any atom is -0.373 e. The molecular formula is C36H52N2O2. The topological polar surface area (TPSA) is 24.9 Å². The zero-order valence-electron chi connectivity index (χ0n) is 26.3. The maximum Gasteiger partial charge on any atom is 0.0720 e. The van der Waals surface area contributed by atoms with Crippen LogP contribution in [0.2, 0.25) is 0 Å². The summed E-state index contributed by atoms with van der Waals surface area (Å²) in [4.78, 5) is 5.19. The molecule has 0 unspecified atom stereocenters. The standard InChI is InChI=1S/C36H52N2O2/c1-33(2)23-31(39-27-29-17-11-9-12-18-29)24-34(3,4)37(33)21-15-16-22-38-35(5,6)25-32(26-36(38,7)8)40-28-30-19-13-10-14-20-30/h9-14,17-20,31-32H,21-28H2,1-8H3. The Morgan fingerprint density at radius 3 is 1.15 bits per heavy atom. The van der Waals surface area contributed by atoms with Crippen molar-refractivity contribution in [3.63, 3.8) is 0 Å². The van der Waals surface area contributed by atoms with Crippen LogP contribution in [0.4, 0.5) is 0 Å². The van der Waals surface area contributed by atoms with Gasteiger partial charge in [-0.25, -0.2) is 0 Å². The molecule has 0 amide bonds. The Hall–Kier alpha value is -2.16. The van der Waals surface area contributed by atoms with E-state index in [0.29, 0.717) is 13.2 Å². The zero-order valence-corrected chi connectivity index (χ0v) is 26.3. The molecule has 0 radical (unpaired) electrons. The quantitative estimate of drug-likeness (QED) is 0.322. The number of benzene rings is 2.